The molecular weight excluding hydrogens is 364 g/mol. The number of hydrogen-bond donors (Lipinski definition) is 1. The predicted molar refractivity (Wildman–Crippen MR) is 93.7 cm³/mol. The molecule has 9 heteroatoms. The van der Waals surface area contributed by atoms with Crippen molar-refractivity contribution >= 4 is 23.2 Å². The van der Waals surface area contributed by atoms with Gasteiger partial charge in [0, 0.05) is 11.2 Å². The summed E-state index contributed by atoms with van der Waals surface area (Å²) in [5, 5.41) is 11.3. The molecule has 0 saturated carbocycles. The largest absolute Gasteiger partial charge is 0.333 e. The Morgan fingerprint density at radius 1 is 1.23 bits per heavy atom. The normalized spacial score (nSPS) is 11.2. The van der Waals surface area contributed by atoms with Crippen molar-refractivity contribution in [1.82, 2.24) is 19.6 Å². The number of anilines is 1. The summed E-state index contributed by atoms with van der Waals surface area (Å²) in [5.74, 6) is -0.576. The van der Waals surface area contributed by atoms with Crippen molar-refractivity contribution in [1.29, 1.82) is 0 Å². The maximum atomic E-state index is 12.6. The van der Waals surface area contributed by atoms with Gasteiger partial charge in [-0.2, -0.15) is 19.0 Å². The maximum Gasteiger partial charge on any atom is 0.333 e. The Hall–Kier alpha value is -2.74. The molecule has 3 rings (SSSR count). The third kappa shape index (κ3) is 3.60. The Morgan fingerprint density at radius 3 is 2.62 bits per heavy atom. The predicted octanol–water partition coefficient (Wildman–Crippen LogP) is 4.05. The summed E-state index contributed by atoms with van der Waals surface area (Å²) >= 11 is 6.18. The van der Waals surface area contributed by atoms with E-state index in [1.54, 1.807) is 17.7 Å². The first kappa shape index (κ1) is 18.1. The Morgan fingerprint density at radius 2 is 1.96 bits per heavy atom. The average Bonchev–Trinajstić information content (AvgIpc) is 3.18. The Balaban J connectivity index is 1.81. The number of carbonyl (C=O) groups is 1. The Bertz CT molecular complexity index is 951. The minimum Gasteiger partial charge on any atom is -0.317 e. The standard InChI is InChI=1S/C17H16ClF2N5O/c1-10-15(21-16(26)14-7-8-24(23-14)17(19)20)11(2)25(22-10)9-12-5-3-4-6-13(12)18/h3-8,17H,9H2,1-2H3,(H,21,26). The highest BCUT2D eigenvalue weighted by Crippen LogP contribution is 2.23. The highest BCUT2D eigenvalue weighted by Gasteiger charge is 2.18. The number of benzene rings is 1. The number of amides is 1. The molecule has 0 spiro atoms. The molecule has 2 heterocycles. The van der Waals surface area contributed by atoms with Crippen LogP contribution in [-0.2, 0) is 6.54 Å². The Kier molecular flexibility index (Phi) is 5.03. The molecule has 136 valence electrons. The second-order valence-corrected chi connectivity index (χ2v) is 6.11. The van der Waals surface area contributed by atoms with Crippen LogP contribution in [0.2, 0.25) is 5.02 Å². The number of nitrogens with zero attached hydrogens (tertiary/aromatic N) is 4. The van der Waals surface area contributed by atoms with Gasteiger partial charge in [-0.1, -0.05) is 29.8 Å². The van der Waals surface area contributed by atoms with Crippen LogP contribution in [0.1, 0.15) is 34.0 Å². The first-order valence-electron chi connectivity index (χ1n) is 7.79. The number of alkyl halides is 2. The van der Waals surface area contributed by atoms with E-state index < -0.39 is 12.5 Å². The average molecular weight is 380 g/mol. The number of nitrogens with one attached hydrogen (secondary N) is 1. The van der Waals surface area contributed by atoms with E-state index in [1.165, 1.54) is 6.07 Å². The van der Waals surface area contributed by atoms with E-state index in [0.29, 0.717) is 27.6 Å². The highest BCUT2D eigenvalue weighted by atomic mass is 35.5. The molecule has 3 aromatic rings. The maximum absolute atomic E-state index is 12.6. The molecule has 0 fully saturated rings. The molecule has 1 aromatic carbocycles. The van der Waals surface area contributed by atoms with E-state index >= 15 is 0 Å². The van der Waals surface area contributed by atoms with Crippen molar-refractivity contribution in [2.75, 3.05) is 5.32 Å². The van der Waals surface area contributed by atoms with Gasteiger partial charge in [-0.15, -0.1) is 0 Å². The van der Waals surface area contributed by atoms with Crippen molar-refractivity contribution in [2.45, 2.75) is 26.9 Å². The van der Waals surface area contributed by atoms with Crippen LogP contribution in [0.25, 0.3) is 0 Å². The third-order valence-electron chi connectivity index (χ3n) is 3.94. The van der Waals surface area contributed by atoms with Crippen molar-refractivity contribution in [3.63, 3.8) is 0 Å². The zero-order valence-electron chi connectivity index (χ0n) is 14.1. The molecule has 0 atom stereocenters. The molecule has 0 aliphatic carbocycles. The van der Waals surface area contributed by atoms with E-state index in [1.807, 2.05) is 25.1 Å². The smallest absolute Gasteiger partial charge is 0.317 e. The van der Waals surface area contributed by atoms with Crippen LogP contribution < -0.4 is 5.32 Å². The lowest BCUT2D eigenvalue weighted by atomic mass is 10.2. The van der Waals surface area contributed by atoms with Crippen molar-refractivity contribution in [3.05, 3.63) is 64.2 Å². The van der Waals surface area contributed by atoms with Gasteiger partial charge in [0.15, 0.2) is 5.69 Å². The van der Waals surface area contributed by atoms with Crippen LogP contribution >= 0.6 is 11.6 Å². The fourth-order valence-electron chi connectivity index (χ4n) is 2.57. The zero-order chi connectivity index (χ0) is 18.8. The molecule has 0 unspecified atom stereocenters. The van der Waals surface area contributed by atoms with Gasteiger partial charge < -0.3 is 5.32 Å². The van der Waals surface area contributed by atoms with Gasteiger partial charge in [-0.05, 0) is 31.5 Å². The third-order valence-corrected chi connectivity index (χ3v) is 4.31. The van der Waals surface area contributed by atoms with E-state index in [0.717, 1.165) is 17.5 Å². The Labute approximate surface area is 153 Å². The van der Waals surface area contributed by atoms with Crippen LogP contribution in [0.5, 0.6) is 0 Å². The summed E-state index contributed by atoms with van der Waals surface area (Å²) in [6, 6.07) is 8.66. The first-order valence-corrected chi connectivity index (χ1v) is 8.16. The number of aromatic nitrogens is 4. The molecule has 1 N–H and O–H groups in total. The monoisotopic (exact) mass is 379 g/mol. The van der Waals surface area contributed by atoms with E-state index in [4.69, 9.17) is 11.6 Å². The number of carbonyl (C=O) groups excluding carboxylic acids is 1. The van der Waals surface area contributed by atoms with E-state index in [2.05, 4.69) is 15.5 Å². The van der Waals surface area contributed by atoms with Gasteiger partial charge in [0.1, 0.15) is 0 Å². The van der Waals surface area contributed by atoms with Gasteiger partial charge in [-0.25, -0.2) is 4.68 Å². The summed E-state index contributed by atoms with van der Waals surface area (Å²) in [6.45, 7) is 1.22. The van der Waals surface area contributed by atoms with Crippen LogP contribution in [-0.4, -0.2) is 25.5 Å². The van der Waals surface area contributed by atoms with Crippen LogP contribution in [0.3, 0.4) is 0 Å². The molecule has 6 nitrogen and oxygen atoms in total. The lowest BCUT2D eigenvalue weighted by Gasteiger charge is -2.08. The number of hydrogen-bond acceptors (Lipinski definition) is 3. The second-order valence-electron chi connectivity index (χ2n) is 5.71. The number of aryl methyl sites for hydroxylation is 1. The number of halogens is 3. The molecule has 2 aromatic heterocycles. The van der Waals surface area contributed by atoms with Crippen LogP contribution in [0.15, 0.2) is 36.5 Å². The highest BCUT2D eigenvalue weighted by molar-refractivity contribution is 6.31. The summed E-state index contributed by atoms with van der Waals surface area (Å²) in [5.41, 5.74) is 2.66. The van der Waals surface area contributed by atoms with Gasteiger partial charge >= 0.3 is 6.55 Å². The SMILES string of the molecule is Cc1nn(Cc2ccccc2Cl)c(C)c1NC(=O)c1ccn(C(F)F)n1. The second kappa shape index (κ2) is 7.25. The lowest BCUT2D eigenvalue weighted by Crippen LogP contribution is -2.15. The topological polar surface area (TPSA) is 64.7 Å². The summed E-state index contributed by atoms with van der Waals surface area (Å²) in [6.07, 6.45) is 1.06. The van der Waals surface area contributed by atoms with Gasteiger partial charge in [0.05, 0.1) is 23.6 Å². The zero-order valence-corrected chi connectivity index (χ0v) is 14.8. The minimum atomic E-state index is -2.79. The lowest BCUT2D eigenvalue weighted by molar-refractivity contribution is 0.0561. The summed E-state index contributed by atoms with van der Waals surface area (Å²) in [7, 11) is 0. The number of rotatable bonds is 5. The van der Waals surface area contributed by atoms with Crippen LogP contribution in [0, 0.1) is 13.8 Å². The van der Waals surface area contributed by atoms with E-state index in [9.17, 15) is 13.6 Å². The van der Waals surface area contributed by atoms with Crippen molar-refractivity contribution < 1.29 is 13.6 Å². The van der Waals surface area contributed by atoms with Gasteiger partial charge in [0.25, 0.3) is 5.91 Å². The van der Waals surface area contributed by atoms with Crippen molar-refractivity contribution in [3.8, 4) is 0 Å². The molecule has 0 radical (unpaired) electrons. The summed E-state index contributed by atoms with van der Waals surface area (Å²) in [4.78, 5) is 12.3. The molecule has 0 bridgehead atoms. The molecule has 0 aliphatic rings. The van der Waals surface area contributed by atoms with Crippen LogP contribution in [0.4, 0.5) is 14.5 Å². The minimum absolute atomic E-state index is 0.0945. The fraction of sp³-hybridized carbons (Fsp3) is 0.235. The first-order chi connectivity index (χ1) is 12.4. The molecule has 0 aliphatic heterocycles. The molecule has 0 saturated heterocycles. The molecule has 26 heavy (non-hydrogen) atoms. The van der Waals surface area contributed by atoms with Crippen molar-refractivity contribution in [2.24, 2.45) is 0 Å². The fourth-order valence-corrected chi connectivity index (χ4v) is 2.76. The molecular formula is C17H16ClF2N5O. The van der Waals surface area contributed by atoms with Gasteiger partial charge in [0.2, 0.25) is 0 Å². The quantitative estimate of drug-likeness (QED) is 0.727. The molecule has 1 amide bonds. The summed E-state index contributed by atoms with van der Waals surface area (Å²) < 4.78 is 27.3. The van der Waals surface area contributed by atoms with Gasteiger partial charge in [-0.3, -0.25) is 9.48 Å². The van der Waals surface area contributed by atoms with E-state index in [-0.39, 0.29) is 5.69 Å².